The minimum Gasteiger partial charge on any atom is -0.314 e. The SMILES string of the molecule is Cc1cc(C)c(S(=O)(=O)NCC(N2CCNCC2)C(F)(F)F)c(C)c1.Cl. The zero-order valence-corrected chi connectivity index (χ0v) is 16.6. The van der Waals surface area contributed by atoms with Gasteiger partial charge in [-0.15, -0.1) is 12.4 Å². The number of halogens is 4. The van der Waals surface area contributed by atoms with Crippen LogP contribution in [-0.4, -0.2) is 58.3 Å². The van der Waals surface area contributed by atoms with Crippen LogP contribution < -0.4 is 10.0 Å². The highest BCUT2D eigenvalue weighted by atomic mass is 35.5. The van der Waals surface area contributed by atoms with E-state index in [-0.39, 0.29) is 30.4 Å². The number of benzene rings is 1. The fraction of sp³-hybridized carbons (Fsp3) is 0.625. The van der Waals surface area contributed by atoms with Crippen molar-refractivity contribution in [1.29, 1.82) is 0 Å². The van der Waals surface area contributed by atoms with Gasteiger partial charge in [0, 0.05) is 32.7 Å². The van der Waals surface area contributed by atoms with Crippen LogP contribution in [0.2, 0.25) is 0 Å². The van der Waals surface area contributed by atoms with Gasteiger partial charge in [-0.1, -0.05) is 17.7 Å². The molecule has 0 aliphatic carbocycles. The minimum absolute atomic E-state index is 0. The van der Waals surface area contributed by atoms with Crippen LogP contribution >= 0.6 is 12.4 Å². The fourth-order valence-corrected chi connectivity index (χ4v) is 4.78. The third kappa shape index (κ3) is 5.56. The van der Waals surface area contributed by atoms with E-state index in [9.17, 15) is 21.6 Å². The number of nitrogens with one attached hydrogen (secondary N) is 2. The lowest BCUT2D eigenvalue weighted by atomic mass is 10.1. The van der Waals surface area contributed by atoms with Crippen LogP contribution in [0.5, 0.6) is 0 Å². The monoisotopic (exact) mass is 415 g/mol. The van der Waals surface area contributed by atoms with E-state index in [2.05, 4.69) is 10.0 Å². The first-order valence-electron chi connectivity index (χ1n) is 8.11. The van der Waals surface area contributed by atoms with Crippen LogP contribution in [0.1, 0.15) is 16.7 Å². The molecule has 5 nitrogen and oxygen atoms in total. The minimum atomic E-state index is -4.50. The normalized spacial score (nSPS) is 17.6. The summed E-state index contributed by atoms with van der Waals surface area (Å²) >= 11 is 0. The molecule has 1 aliphatic heterocycles. The molecule has 1 heterocycles. The summed E-state index contributed by atoms with van der Waals surface area (Å²) in [7, 11) is -4.02. The Bertz CT molecular complexity index is 697. The molecule has 1 saturated heterocycles. The lowest BCUT2D eigenvalue weighted by Crippen LogP contribution is -2.57. The molecule has 1 fully saturated rings. The first-order chi connectivity index (χ1) is 11.5. The molecule has 0 bridgehead atoms. The number of nitrogens with zero attached hydrogens (tertiary/aromatic N) is 1. The van der Waals surface area contributed by atoms with Crippen LogP contribution in [-0.2, 0) is 10.0 Å². The Morgan fingerprint density at radius 1 is 1.15 bits per heavy atom. The van der Waals surface area contributed by atoms with Gasteiger partial charge in [-0.05, 0) is 31.9 Å². The Balaban J connectivity index is 0.00000338. The third-order valence-corrected chi connectivity index (χ3v) is 6.04. The van der Waals surface area contributed by atoms with Crippen molar-refractivity contribution in [2.45, 2.75) is 37.9 Å². The van der Waals surface area contributed by atoms with E-state index in [1.54, 1.807) is 26.0 Å². The summed E-state index contributed by atoms with van der Waals surface area (Å²) < 4.78 is 67.5. The predicted octanol–water partition coefficient (Wildman–Crippen LogP) is 2.15. The second-order valence-electron chi connectivity index (χ2n) is 6.42. The van der Waals surface area contributed by atoms with Crippen molar-refractivity contribution >= 4 is 22.4 Å². The second-order valence-corrected chi connectivity index (χ2v) is 8.13. The standard InChI is InChI=1S/C16H24F3N3O2S.ClH/c1-11-8-12(2)15(13(3)9-11)25(23,24)21-10-14(16(17,18)19)22-6-4-20-5-7-22;/h8-9,14,20-21H,4-7,10H2,1-3H3;1H. The van der Waals surface area contributed by atoms with Crippen molar-refractivity contribution < 1.29 is 21.6 Å². The van der Waals surface area contributed by atoms with Gasteiger partial charge in [0.2, 0.25) is 10.0 Å². The Morgan fingerprint density at radius 2 is 1.65 bits per heavy atom. The Morgan fingerprint density at radius 3 is 2.12 bits per heavy atom. The van der Waals surface area contributed by atoms with Gasteiger partial charge in [-0.3, -0.25) is 4.90 Å². The molecule has 10 heteroatoms. The van der Waals surface area contributed by atoms with Gasteiger partial charge < -0.3 is 5.32 Å². The molecule has 0 radical (unpaired) electrons. The number of hydrogen-bond donors (Lipinski definition) is 2. The van der Waals surface area contributed by atoms with E-state index in [1.165, 1.54) is 4.90 Å². The molecule has 1 aromatic rings. The molecule has 0 saturated carbocycles. The molecule has 1 atom stereocenters. The smallest absolute Gasteiger partial charge is 0.314 e. The molecule has 0 amide bonds. The third-order valence-electron chi connectivity index (χ3n) is 4.31. The molecule has 0 spiro atoms. The van der Waals surface area contributed by atoms with Gasteiger partial charge in [0.15, 0.2) is 0 Å². The maximum absolute atomic E-state index is 13.4. The zero-order valence-electron chi connectivity index (χ0n) is 15.0. The number of piperazine rings is 1. The first-order valence-corrected chi connectivity index (χ1v) is 9.59. The van der Waals surface area contributed by atoms with E-state index in [0.29, 0.717) is 24.2 Å². The largest absolute Gasteiger partial charge is 0.405 e. The van der Waals surface area contributed by atoms with Crippen molar-refractivity contribution in [1.82, 2.24) is 14.9 Å². The molecular formula is C16H25ClF3N3O2S. The zero-order chi connectivity index (χ0) is 18.8. The lowest BCUT2D eigenvalue weighted by molar-refractivity contribution is -0.182. The fourth-order valence-electron chi connectivity index (χ4n) is 3.30. The maximum atomic E-state index is 13.4. The van der Waals surface area contributed by atoms with Crippen LogP contribution in [0, 0.1) is 20.8 Å². The van der Waals surface area contributed by atoms with E-state index < -0.39 is 28.8 Å². The summed E-state index contributed by atoms with van der Waals surface area (Å²) in [4.78, 5) is 1.33. The van der Waals surface area contributed by atoms with E-state index in [1.807, 2.05) is 6.92 Å². The maximum Gasteiger partial charge on any atom is 0.405 e. The second kappa shape index (κ2) is 8.88. The number of aryl methyl sites for hydroxylation is 3. The molecule has 0 aromatic heterocycles. The summed E-state index contributed by atoms with van der Waals surface area (Å²) in [6.45, 7) is 5.80. The number of sulfonamides is 1. The molecule has 1 aliphatic rings. The molecule has 2 N–H and O–H groups in total. The molecule has 2 rings (SSSR count). The van der Waals surface area contributed by atoms with E-state index in [4.69, 9.17) is 0 Å². The van der Waals surface area contributed by atoms with Crippen molar-refractivity contribution in [3.63, 3.8) is 0 Å². The molecule has 26 heavy (non-hydrogen) atoms. The van der Waals surface area contributed by atoms with Gasteiger partial charge in [-0.25, -0.2) is 13.1 Å². The van der Waals surface area contributed by atoms with Crippen molar-refractivity contribution in [2.24, 2.45) is 0 Å². The Kier molecular flexibility index (Phi) is 7.91. The van der Waals surface area contributed by atoms with Crippen molar-refractivity contribution in [3.05, 3.63) is 28.8 Å². The summed E-state index contributed by atoms with van der Waals surface area (Å²) in [5.74, 6) is 0. The van der Waals surface area contributed by atoms with Crippen LogP contribution in [0.15, 0.2) is 17.0 Å². The van der Waals surface area contributed by atoms with Crippen molar-refractivity contribution in [2.75, 3.05) is 32.7 Å². The number of rotatable bonds is 5. The van der Waals surface area contributed by atoms with E-state index in [0.717, 1.165) is 5.56 Å². The quantitative estimate of drug-likeness (QED) is 0.773. The van der Waals surface area contributed by atoms with E-state index >= 15 is 0 Å². The van der Waals surface area contributed by atoms with Gasteiger partial charge >= 0.3 is 6.18 Å². The van der Waals surface area contributed by atoms with Crippen LogP contribution in [0.25, 0.3) is 0 Å². The topological polar surface area (TPSA) is 61.4 Å². The summed E-state index contributed by atoms with van der Waals surface area (Å²) in [5.41, 5.74) is 1.95. The average molecular weight is 416 g/mol. The van der Waals surface area contributed by atoms with Gasteiger partial charge in [0.05, 0.1) is 4.90 Å². The van der Waals surface area contributed by atoms with Gasteiger partial charge in [-0.2, -0.15) is 13.2 Å². The number of alkyl halides is 3. The first kappa shape index (κ1) is 23.2. The van der Waals surface area contributed by atoms with Gasteiger partial charge in [0.1, 0.15) is 6.04 Å². The highest BCUT2D eigenvalue weighted by Crippen LogP contribution is 2.26. The lowest BCUT2D eigenvalue weighted by Gasteiger charge is -2.35. The van der Waals surface area contributed by atoms with Gasteiger partial charge in [0.25, 0.3) is 0 Å². The highest BCUT2D eigenvalue weighted by molar-refractivity contribution is 7.89. The summed E-state index contributed by atoms with van der Waals surface area (Å²) in [6.07, 6.45) is -4.50. The molecule has 1 unspecified atom stereocenters. The highest BCUT2D eigenvalue weighted by Gasteiger charge is 2.44. The predicted molar refractivity (Wildman–Crippen MR) is 97.4 cm³/mol. The molecule has 150 valence electrons. The molecule has 1 aromatic carbocycles. The molecular weight excluding hydrogens is 391 g/mol. The summed E-state index contributed by atoms with van der Waals surface area (Å²) in [6, 6.07) is 1.58. The summed E-state index contributed by atoms with van der Waals surface area (Å²) in [5, 5.41) is 2.99. The number of hydrogen-bond acceptors (Lipinski definition) is 4. The van der Waals surface area contributed by atoms with Crippen LogP contribution in [0.3, 0.4) is 0 Å². The Labute approximate surface area is 158 Å². The van der Waals surface area contributed by atoms with Crippen LogP contribution in [0.4, 0.5) is 13.2 Å². The average Bonchev–Trinajstić information content (AvgIpc) is 2.45. The van der Waals surface area contributed by atoms with Crippen molar-refractivity contribution in [3.8, 4) is 0 Å². The Hall–Kier alpha value is -0.870.